The Morgan fingerprint density at radius 2 is 1.75 bits per heavy atom. The van der Waals surface area contributed by atoms with E-state index in [0.29, 0.717) is 5.56 Å². The van der Waals surface area contributed by atoms with Gasteiger partial charge in [0.25, 0.3) is 0 Å². The van der Waals surface area contributed by atoms with Crippen LogP contribution in [0.25, 0.3) is 10.8 Å². The van der Waals surface area contributed by atoms with Gasteiger partial charge < -0.3 is 15.1 Å². The second kappa shape index (κ2) is 7.57. The summed E-state index contributed by atoms with van der Waals surface area (Å²) in [6, 6.07) is 12.5. The van der Waals surface area contributed by atoms with Crippen molar-refractivity contribution >= 4 is 30.3 Å². The van der Waals surface area contributed by atoms with Crippen LogP contribution in [0, 0.1) is 0 Å². The number of rotatable bonds is 8. The first-order valence-electron chi connectivity index (χ1n) is 7.20. The van der Waals surface area contributed by atoms with Crippen LogP contribution in [-0.4, -0.2) is 33.1 Å². The van der Waals surface area contributed by atoms with E-state index in [1.807, 2.05) is 18.2 Å². The maximum Gasteiger partial charge on any atom is 0.333 e. The summed E-state index contributed by atoms with van der Waals surface area (Å²) in [5.74, 6) is -2.67. The van der Waals surface area contributed by atoms with Crippen LogP contribution in [-0.2, 0) is 24.8 Å². The molecule has 128 valence electrons. The Morgan fingerprint density at radius 3 is 2.42 bits per heavy atom. The van der Waals surface area contributed by atoms with Gasteiger partial charge in [0.2, 0.25) is 0 Å². The fraction of sp³-hybridized carbons (Fsp3) is 0.250. The van der Waals surface area contributed by atoms with Crippen molar-refractivity contribution in [3.05, 3.63) is 48.0 Å². The normalized spacial score (nSPS) is 14.9. The van der Waals surface area contributed by atoms with Gasteiger partial charge in [0, 0.05) is 6.42 Å². The van der Waals surface area contributed by atoms with Crippen LogP contribution in [0.2, 0.25) is 0 Å². The lowest BCUT2D eigenvalue weighted by Crippen LogP contribution is -2.24. The Kier molecular flexibility index (Phi) is 5.72. The average Bonchev–Trinajstić information content (AvgIpc) is 2.51. The molecule has 2 atom stereocenters. The first kappa shape index (κ1) is 18.1. The van der Waals surface area contributed by atoms with E-state index >= 15 is 0 Å². The van der Waals surface area contributed by atoms with Crippen molar-refractivity contribution in [1.29, 1.82) is 0 Å². The van der Waals surface area contributed by atoms with Gasteiger partial charge in [0.05, 0.1) is 6.16 Å². The van der Waals surface area contributed by atoms with Crippen LogP contribution in [0.5, 0.6) is 0 Å². The van der Waals surface area contributed by atoms with E-state index < -0.39 is 32.1 Å². The van der Waals surface area contributed by atoms with Crippen molar-refractivity contribution in [2.75, 3.05) is 0 Å². The zero-order valence-corrected chi connectivity index (χ0v) is 13.6. The molecule has 0 amide bonds. The summed E-state index contributed by atoms with van der Waals surface area (Å²) in [6.07, 6.45) is -2.85. The summed E-state index contributed by atoms with van der Waals surface area (Å²) in [4.78, 5) is 31.7. The van der Waals surface area contributed by atoms with Crippen molar-refractivity contribution < 1.29 is 33.8 Å². The highest BCUT2D eigenvalue weighted by Gasteiger charge is 2.30. The molecule has 2 aromatic rings. The molecule has 0 aliphatic rings. The Labute approximate surface area is 138 Å². The fourth-order valence-corrected chi connectivity index (χ4v) is 3.73. The summed E-state index contributed by atoms with van der Waals surface area (Å²) in [7, 11) is -4.26. The van der Waals surface area contributed by atoms with E-state index in [2.05, 4.69) is 0 Å². The fourth-order valence-electron chi connectivity index (χ4n) is 2.36. The number of hydrogen-bond acceptors (Lipinski definition) is 4. The second-order valence-corrected chi connectivity index (χ2v) is 7.10. The maximum atomic E-state index is 12.3. The molecule has 2 aromatic carbocycles. The Hall–Kier alpha value is -2.21. The Bertz CT molecular complexity index is 797. The van der Waals surface area contributed by atoms with E-state index in [1.165, 1.54) is 0 Å². The number of fused-ring (bicyclic) bond motifs is 1. The van der Waals surface area contributed by atoms with Crippen LogP contribution < -0.4 is 0 Å². The molecular weight excluding hydrogens is 335 g/mol. The first-order chi connectivity index (χ1) is 11.3. The van der Waals surface area contributed by atoms with Crippen LogP contribution >= 0.6 is 7.60 Å². The van der Waals surface area contributed by atoms with E-state index in [-0.39, 0.29) is 12.6 Å². The Balaban J connectivity index is 2.18. The maximum absolute atomic E-state index is 12.3. The largest absolute Gasteiger partial charge is 0.481 e. The molecule has 7 nitrogen and oxygen atoms in total. The van der Waals surface area contributed by atoms with Gasteiger partial charge in [-0.15, -0.1) is 0 Å². The van der Waals surface area contributed by atoms with Gasteiger partial charge in [-0.1, -0.05) is 42.5 Å². The minimum Gasteiger partial charge on any atom is -0.481 e. The Morgan fingerprint density at radius 1 is 1.08 bits per heavy atom. The van der Waals surface area contributed by atoms with Crippen molar-refractivity contribution in [2.45, 2.75) is 25.1 Å². The minimum atomic E-state index is -4.26. The first-order valence-corrected chi connectivity index (χ1v) is 8.96. The van der Waals surface area contributed by atoms with E-state index in [9.17, 15) is 19.0 Å². The molecule has 0 saturated heterocycles. The predicted molar refractivity (Wildman–Crippen MR) is 86.9 cm³/mol. The second-order valence-electron chi connectivity index (χ2n) is 5.30. The third kappa shape index (κ3) is 4.89. The van der Waals surface area contributed by atoms with Gasteiger partial charge in [-0.3, -0.25) is 13.9 Å². The van der Waals surface area contributed by atoms with E-state index in [0.717, 1.165) is 10.8 Å². The monoisotopic (exact) mass is 352 g/mol. The van der Waals surface area contributed by atoms with Crippen molar-refractivity contribution in [1.82, 2.24) is 0 Å². The number of hydrogen-bond donors (Lipinski definition) is 3. The molecule has 0 bridgehead atoms. The third-order valence-electron chi connectivity index (χ3n) is 3.44. The van der Waals surface area contributed by atoms with Crippen LogP contribution in [0.4, 0.5) is 0 Å². The van der Waals surface area contributed by atoms with E-state index in [1.54, 1.807) is 24.3 Å². The highest BCUT2D eigenvalue weighted by molar-refractivity contribution is 7.52. The SMILES string of the molecule is O=C(O)CCC(OP(=O)(O)Cc1cccc2ccccc12)C(=O)O. The van der Waals surface area contributed by atoms with Crippen molar-refractivity contribution in [2.24, 2.45) is 0 Å². The van der Waals surface area contributed by atoms with Gasteiger partial charge in [-0.25, -0.2) is 4.79 Å². The minimum absolute atomic E-state index is 0.356. The smallest absolute Gasteiger partial charge is 0.333 e. The molecule has 0 saturated carbocycles. The standard InChI is InChI=1S/C16H17O7P/c17-15(18)9-8-14(16(19)20)23-24(21,22)10-12-6-3-5-11-4-1-2-7-13(11)12/h1-7,14H,8-10H2,(H,17,18)(H,19,20)(H,21,22). The topological polar surface area (TPSA) is 121 Å². The van der Waals surface area contributed by atoms with Crippen molar-refractivity contribution in [3.8, 4) is 0 Å². The molecule has 0 aliphatic heterocycles. The molecule has 2 unspecified atom stereocenters. The molecule has 3 N–H and O–H groups in total. The zero-order valence-electron chi connectivity index (χ0n) is 12.7. The average molecular weight is 352 g/mol. The number of benzene rings is 2. The van der Waals surface area contributed by atoms with Crippen LogP contribution in [0.15, 0.2) is 42.5 Å². The summed E-state index contributed by atoms with van der Waals surface area (Å²) in [6.45, 7) is 0. The molecule has 0 spiro atoms. The predicted octanol–water partition coefficient (Wildman–Crippen LogP) is 2.86. The molecule has 0 aromatic heterocycles. The lowest BCUT2D eigenvalue weighted by atomic mass is 10.1. The highest BCUT2D eigenvalue weighted by atomic mass is 31.2. The lowest BCUT2D eigenvalue weighted by molar-refractivity contribution is -0.146. The van der Waals surface area contributed by atoms with Crippen LogP contribution in [0.1, 0.15) is 18.4 Å². The summed E-state index contributed by atoms with van der Waals surface area (Å²) in [5, 5.41) is 19.3. The molecule has 0 heterocycles. The van der Waals surface area contributed by atoms with Gasteiger partial charge in [0.15, 0.2) is 6.10 Å². The number of carbonyl (C=O) groups is 2. The van der Waals surface area contributed by atoms with Gasteiger partial charge in [-0.05, 0) is 22.8 Å². The van der Waals surface area contributed by atoms with Gasteiger partial charge in [-0.2, -0.15) is 0 Å². The number of aliphatic carboxylic acids is 2. The molecular formula is C16H17O7P. The summed E-state index contributed by atoms with van der Waals surface area (Å²) < 4.78 is 17.2. The quantitative estimate of drug-likeness (QED) is 0.625. The third-order valence-corrected chi connectivity index (χ3v) is 4.76. The van der Waals surface area contributed by atoms with Crippen LogP contribution in [0.3, 0.4) is 0 Å². The molecule has 0 radical (unpaired) electrons. The summed E-state index contributed by atoms with van der Waals surface area (Å²) >= 11 is 0. The van der Waals surface area contributed by atoms with Crippen molar-refractivity contribution in [3.63, 3.8) is 0 Å². The van der Waals surface area contributed by atoms with Gasteiger partial charge in [0.1, 0.15) is 0 Å². The molecule has 0 fully saturated rings. The zero-order chi connectivity index (χ0) is 17.7. The highest BCUT2D eigenvalue weighted by Crippen LogP contribution is 2.48. The van der Waals surface area contributed by atoms with Gasteiger partial charge >= 0.3 is 19.5 Å². The molecule has 24 heavy (non-hydrogen) atoms. The molecule has 8 heteroatoms. The summed E-state index contributed by atoms with van der Waals surface area (Å²) in [5.41, 5.74) is 0.557. The van der Waals surface area contributed by atoms with E-state index in [4.69, 9.17) is 14.7 Å². The lowest BCUT2D eigenvalue weighted by Gasteiger charge is -2.18. The number of carboxylic acids is 2. The molecule has 0 aliphatic carbocycles. The number of carboxylic acid groups (broad SMARTS) is 2. The molecule has 2 rings (SSSR count).